The molecule has 0 N–H and O–H groups in total. The minimum Gasteiger partial charge on any atom is -0.309 e. The third kappa shape index (κ3) is 9.19. The third-order valence-corrected chi connectivity index (χ3v) is 17.4. The average molecular weight is 1110 g/mol. The Labute approximate surface area is 498 Å². The van der Waals surface area contributed by atoms with E-state index in [4.69, 9.17) is 19.9 Å². The number of hydrogen-bond donors (Lipinski definition) is 0. The lowest BCUT2D eigenvalue weighted by Crippen LogP contribution is -2.17. The van der Waals surface area contributed by atoms with Crippen molar-refractivity contribution in [2.24, 2.45) is 0 Å². The van der Waals surface area contributed by atoms with Crippen LogP contribution in [0, 0.1) is 0 Å². The molecule has 0 aliphatic rings. The normalized spacial score (nSPS) is 12.7. The molecule has 14 aromatic rings. The van der Waals surface area contributed by atoms with Crippen LogP contribution in [0.2, 0.25) is 0 Å². The molecule has 7 heteroatoms. The molecule has 7 nitrogen and oxygen atoms in total. The van der Waals surface area contributed by atoms with Crippen molar-refractivity contribution in [3.8, 4) is 62.4 Å². The summed E-state index contributed by atoms with van der Waals surface area (Å²) < 4.78 is 7.28. The molecule has 0 spiro atoms. The van der Waals surface area contributed by atoms with E-state index in [-0.39, 0.29) is 21.7 Å². The summed E-state index contributed by atoms with van der Waals surface area (Å²) in [6.07, 6.45) is 3.98. The average Bonchev–Trinajstić information content (AvgIpc) is 1.70. The SMILES string of the molecule is CC(C)(C)c1cc(-c2nc(-c3cc(C(C)(C)C)cc(C(C)(C)C)c3)nc(-c3ccc(-n4c5ccccc5c5ccccc54)c(-c4ccncc4-n4c5ccccc5c5cc6c7ccccc7n(-c7ccccc7)c6cc54)c3)n2)cc(C(C)(C)C)c1. The van der Waals surface area contributed by atoms with Crippen LogP contribution >= 0.6 is 0 Å². The monoisotopic (exact) mass is 1110 g/mol. The summed E-state index contributed by atoms with van der Waals surface area (Å²) in [6, 6.07) is 73.5. The molecule has 418 valence electrons. The van der Waals surface area contributed by atoms with E-state index in [0.29, 0.717) is 17.5 Å². The quantitative estimate of drug-likeness (QED) is 0.159. The summed E-state index contributed by atoms with van der Waals surface area (Å²) in [4.78, 5) is 21.7. The first kappa shape index (κ1) is 53.5. The van der Waals surface area contributed by atoms with Gasteiger partial charge in [0.2, 0.25) is 0 Å². The van der Waals surface area contributed by atoms with Gasteiger partial charge in [0.25, 0.3) is 0 Å². The van der Waals surface area contributed by atoms with Gasteiger partial charge in [-0.25, -0.2) is 15.0 Å². The first-order valence-electron chi connectivity index (χ1n) is 29.9. The summed E-state index contributed by atoms with van der Waals surface area (Å²) in [5.74, 6) is 1.87. The molecule has 85 heavy (non-hydrogen) atoms. The number of para-hydroxylation sites is 5. The van der Waals surface area contributed by atoms with Crippen LogP contribution in [0.5, 0.6) is 0 Å². The fraction of sp³-hybridized carbons (Fsp3) is 0.205. The smallest absolute Gasteiger partial charge is 0.164 e. The molecular weight excluding hydrogens is 1030 g/mol. The molecule has 0 bridgehead atoms. The minimum atomic E-state index is -0.125. The van der Waals surface area contributed by atoms with Crippen LogP contribution in [0.4, 0.5) is 0 Å². The van der Waals surface area contributed by atoms with Gasteiger partial charge in [0.1, 0.15) is 0 Å². The Balaban J connectivity index is 1.08. The molecule has 0 aliphatic carbocycles. The molecule has 0 aliphatic heterocycles. The van der Waals surface area contributed by atoms with Crippen LogP contribution < -0.4 is 0 Å². The van der Waals surface area contributed by atoms with Crippen LogP contribution in [-0.2, 0) is 21.7 Å². The van der Waals surface area contributed by atoms with Gasteiger partial charge in [-0.15, -0.1) is 0 Å². The number of fused-ring (bicyclic) bond motifs is 9. The molecule has 0 amide bonds. The van der Waals surface area contributed by atoms with Gasteiger partial charge in [-0.2, -0.15) is 0 Å². The molecule has 9 aromatic carbocycles. The highest BCUT2D eigenvalue weighted by Crippen LogP contribution is 2.45. The molecule has 5 heterocycles. The Morgan fingerprint density at radius 3 is 1.13 bits per heavy atom. The van der Waals surface area contributed by atoms with Crippen LogP contribution in [0.25, 0.3) is 128 Å². The number of benzene rings is 9. The zero-order valence-corrected chi connectivity index (χ0v) is 50.8. The van der Waals surface area contributed by atoms with Gasteiger partial charge in [-0.3, -0.25) is 4.98 Å². The number of pyridine rings is 1. The molecule has 5 aromatic heterocycles. The van der Waals surface area contributed by atoms with Crippen LogP contribution in [0.3, 0.4) is 0 Å². The molecule has 0 saturated carbocycles. The standard InChI is InChI=1S/C78H71N7/c1-75(2,3)51-38-49(39-52(43-51)76(4,5)6)73-80-72(81-74(82-73)50-40-53(77(7,8)9)44-54(41-50)78(10,11)12)48-34-35-68(84-65-31-21-16-26-56(65)57-27-17-22-32-66(57)84)61(42-48)60-36-37-79-47-71(60)85-67-33-23-19-29-59(67)63-45-62-58-28-18-20-30-64(58)83(69(62)46-70(63)85)55-24-14-13-15-25-55/h13-47H,1-12H3. The first-order chi connectivity index (χ1) is 40.7. The van der Waals surface area contributed by atoms with E-state index in [2.05, 4.69) is 297 Å². The highest BCUT2D eigenvalue weighted by molar-refractivity contribution is 6.19. The Bertz CT molecular complexity index is 4770. The fourth-order valence-electron chi connectivity index (χ4n) is 12.6. The lowest BCUT2D eigenvalue weighted by atomic mass is 9.79. The zero-order valence-electron chi connectivity index (χ0n) is 50.8. The number of aromatic nitrogens is 7. The highest BCUT2D eigenvalue weighted by atomic mass is 15.0. The van der Waals surface area contributed by atoms with E-state index < -0.39 is 0 Å². The molecule has 0 unspecified atom stereocenters. The Morgan fingerprint density at radius 1 is 0.282 bits per heavy atom. The number of hydrogen-bond acceptors (Lipinski definition) is 4. The maximum absolute atomic E-state index is 5.60. The van der Waals surface area contributed by atoms with E-state index >= 15 is 0 Å². The molecule has 0 atom stereocenters. The van der Waals surface area contributed by atoms with Crippen molar-refractivity contribution in [2.45, 2.75) is 105 Å². The maximum Gasteiger partial charge on any atom is 0.164 e. The number of nitrogens with zero attached hydrogens (tertiary/aromatic N) is 7. The largest absolute Gasteiger partial charge is 0.309 e. The van der Waals surface area contributed by atoms with Gasteiger partial charge in [0, 0.05) is 72.0 Å². The van der Waals surface area contributed by atoms with Gasteiger partial charge in [-0.05, 0) is 141 Å². The second kappa shape index (κ2) is 19.6. The van der Waals surface area contributed by atoms with Crippen molar-refractivity contribution in [3.63, 3.8) is 0 Å². The Kier molecular flexibility index (Phi) is 12.3. The second-order valence-electron chi connectivity index (χ2n) is 27.3. The lowest BCUT2D eigenvalue weighted by Gasteiger charge is -2.26. The van der Waals surface area contributed by atoms with Crippen molar-refractivity contribution >= 4 is 65.4 Å². The molecule has 14 rings (SSSR count). The zero-order chi connectivity index (χ0) is 58.9. The fourth-order valence-corrected chi connectivity index (χ4v) is 12.6. The van der Waals surface area contributed by atoms with Crippen molar-refractivity contribution in [2.75, 3.05) is 0 Å². The maximum atomic E-state index is 5.60. The molecule has 0 radical (unpaired) electrons. The van der Waals surface area contributed by atoms with Crippen molar-refractivity contribution in [3.05, 3.63) is 235 Å². The second-order valence-corrected chi connectivity index (χ2v) is 27.3. The van der Waals surface area contributed by atoms with E-state index in [1.54, 1.807) is 0 Å². The lowest BCUT2D eigenvalue weighted by molar-refractivity contribution is 0.568. The van der Waals surface area contributed by atoms with Gasteiger partial charge in [-0.1, -0.05) is 186 Å². The van der Waals surface area contributed by atoms with Gasteiger partial charge >= 0.3 is 0 Å². The van der Waals surface area contributed by atoms with Crippen LogP contribution in [0.1, 0.15) is 105 Å². The van der Waals surface area contributed by atoms with Crippen molar-refractivity contribution in [1.29, 1.82) is 0 Å². The summed E-state index contributed by atoms with van der Waals surface area (Å²) in [5, 5.41) is 7.14. The highest BCUT2D eigenvalue weighted by Gasteiger charge is 2.28. The molecule has 0 saturated heterocycles. The Hall–Kier alpha value is -9.46. The Morgan fingerprint density at radius 2 is 0.671 bits per heavy atom. The van der Waals surface area contributed by atoms with E-state index in [1.165, 1.54) is 60.1 Å². The van der Waals surface area contributed by atoms with Gasteiger partial charge in [0.05, 0.1) is 50.7 Å². The minimum absolute atomic E-state index is 0.125. The van der Waals surface area contributed by atoms with Crippen LogP contribution in [0.15, 0.2) is 213 Å². The summed E-state index contributed by atoms with van der Waals surface area (Å²) in [5.41, 5.74) is 19.1. The summed E-state index contributed by atoms with van der Waals surface area (Å²) in [7, 11) is 0. The topological polar surface area (TPSA) is 66.3 Å². The predicted octanol–water partition coefficient (Wildman–Crippen LogP) is 20.4. The van der Waals surface area contributed by atoms with Crippen molar-refractivity contribution < 1.29 is 0 Å². The summed E-state index contributed by atoms with van der Waals surface area (Å²) >= 11 is 0. The van der Waals surface area contributed by atoms with Crippen LogP contribution in [-0.4, -0.2) is 33.6 Å². The number of rotatable bonds is 7. The summed E-state index contributed by atoms with van der Waals surface area (Å²) in [6.45, 7) is 27.4. The van der Waals surface area contributed by atoms with Gasteiger partial charge < -0.3 is 13.7 Å². The van der Waals surface area contributed by atoms with E-state index in [0.717, 1.165) is 72.5 Å². The molecule has 0 fully saturated rings. The molecular formula is C78H71N7. The van der Waals surface area contributed by atoms with E-state index in [1.807, 2.05) is 12.4 Å². The van der Waals surface area contributed by atoms with Gasteiger partial charge in [0.15, 0.2) is 17.5 Å². The third-order valence-electron chi connectivity index (χ3n) is 17.4. The van der Waals surface area contributed by atoms with Crippen molar-refractivity contribution in [1.82, 2.24) is 33.6 Å². The first-order valence-corrected chi connectivity index (χ1v) is 29.9. The van der Waals surface area contributed by atoms with E-state index in [9.17, 15) is 0 Å². The predicted molar refractivity (Wildman–Crippen MR) is 357 cm³/mol.